The molecule has 0 aliphatic carbocycles. The molecule has 0 aromatic heterocycles. The average molecular weight is 559 g/mol. The maximum absolute atomic E-state index is 12.8. The molecule has 200 valence electrons. The summed E-state index contributed by atoms with van der Waals surface area (Å²) in [6, 6.07) is 14.4. The number of benzene rings is 3. The van der Waals surface area contributed by atoms with Crippen molar-refractivity contribution in [2.75, 3.05) is 38.5 Å². The molecule has 0 bridgehead atoms. The van der Waals surface area contributed by atoms with Crippen LogP contribution >= 0.6 is 11.6 Å². The Hall–Kier alpha value is -4.15. The molecule has 0 saturated heterocycles. The van der Waals surface area contributed by atoms with E-state index in [2.05, 4.69) is 10.0 Å². The maximum atomic E-state index is 12.8. The summed E-state index contributed by atoms with van der Waals surface area (Å²) in [6.07, 6.45) is 4.15. The van der Waals surface area contributed by atoms with E-state index in [9.17, 15) is 13.2 Å². The molecule has 0 spiro atoms. The van der Waals surface area contributed by atoms with E-state index in [1.54, 1.807) is 48.5 Å². The molecule has 2 N–H and O–H groups in total. The van der Waals surface area contributed by atoms with E-state index in [0.29, 0.717) is 44.8 Å². The van der Waals surface area contributed by atoms with Crippen LogP contribution < -0.4 is 29.0 Å². The highest BCUT2D eigenvalue weighted by atomic mass is 35.5. The smallest absolute Gasteiger partial charge is 0.255 e. The lowest BCUT2D eigenvalue weighted by Crippen LogP contribution is -2.09. The summed E-state index contributed by atoms with van der Waals surface area (Å²) in [5.41, 5.74) is 1.60. The summed E-state index contributed by atoms with van der Waals surface area (Å²) in [5.74, 6) is 1.46. The number of methoxy groups -OCH3 is 4. The molecule has 0 atom stereocenters. The molecule has 0 amide bonds. The Labute approximate surface area is 226 Å². The molecule has 0 radical (unpaired) electrons. The van der Waals surface area contributed by atoms with Crippen molar-refractivity contribution >= 4 is 44.9 Å². The fraction of sp³-hybridized carbons (Fsp3) is 0.148. The minimum atomic E-state index is -3.93. The second-order valence-corrected chi connectivity index (χ2v) is 9.66. The van der Waals surface area contributed by atoms with Gasteiger partial charge in [-0.25, -0.2) is 8.42 Å². The minimum absolute atomic E-state index is 0.237. The number of hydrogen-bond acceptors (Lipinski definition) is 8. The van der Waals surface area contributed by atoms with E-state index in [1.165, 1.54) is 52.9 Å². The fourth-order valence-electron chi connectivity index (χ4n) is 3.35. The van der Waals surface area contributed by atoms with Crippen molar-refractivity contribution in [1.82, 2.24) is 0 Å². The van der Waals surface area contributed by atoms with Gasteiger partial charge in [0.15, 0.2) is 5.78 Å². The summed E-state index contributed by atoms with van der Waals surface area (Å²) in [6.45, 7) is 0. The second-order valence-electron chi connectivity index (χ2n) is 7.66. The molecule has 9 nitrogen and oxygen atoms in total. The zero-order valence-corrected chi connectivity index (χ0v) is 22.7. The van der Waals surface area contributed by atoms with Crippen LogP contribution in [0.5, 0.6) is 23.0 Å². The van der Waals surface area contributed by atoms with Gasteiger partial charge in [0, 0.05) is 35.0 Å². The second kappa shape index (κ2) is 12.9. The Morgan fingerprint density at radius 3 is 2.05 bits per heavy atom. The van der Waals surface area contributed by atoms with E-state index in [-0.39, 0.29) is 11.5 Å². The molecular weight excluding hydrogens is 532 g/mol. The molecule has 3 aromatic carbocycles. The molecule has 0 aliphatic rings. The molecular formula is C27H27ClN2O7S. The molecule has 0 unspecified atom stereocenters. The van der Waals surface area contributed by atoms with Crippen molar-refractivity contribution in [3.05, 3.63) is 88.4 Å². The molecule has 0 aliphatic heterocycles. The van der Waals surface area contributed by atoms with Gasteiger partial charge >= 0.3 is 0 Å². The number of carbonyl (C=O) groups is 1. The zero-order chi connectivity index (χ0) is 27.7. The summed E-state index contributed by atoms with van der Waals surface area (Å²) in [5, 5.41) is 4.49. The number of carbonyl (C=O) groups excluding carboxylic acids is 1. The quantitative estimate of drug-likeness (QED) is 0.218. The predicted octanol–water partition coefficient (Wildman–Crippen LogP) is 5.60. The molecule has 11 heteroatoms. The number of hydrogen-bond donors (Lipinski definition) is 2. The number of allylic oxidation sites excluding steroid dienone is 1. The third-order valence-electron chi connectivity index (χ3n) is 5.23. The molecule has 38 heavy (non-hydrogen) atoms. The Kier molecular flexibility index (Phi) is 9.64. The van der Waals surface area contributed by atoms with Crippen LogP contribution in [0.1, 0.15) is 15.9 Å². The Balaban J connectivity index is 1.78. The maximum Gasteiger partial charge on any atom is 0.255 e. The van der Waals surface area contributed by atoms with E-state index >= 15 is 0 Å². The molecule has 3 rings (SSSR count). The van der Waals surface area contributed by atoms with E-state index in [1.807, 2.05) is 0 Å². The van der Waals surface area contributed by atoms with Gasteiger partial charge in [-0.3, -0.25) is 9.52 Å². The van der Waals surface area contributed by atoms with Gasteiger partial charge in [0.05, 0.1) is 50.8 Å². The first-order valence-corrected chi connectivity index (χ1v) is 13.0. The van der Waals surface area contributed by atoms with Gasteiger partial charge in [-0.1, -0.05) is 11.6 Å². The first-order chi connectivity index (χ1) is 18.2. The normalized spacial score (nSPS) is 11.4. The summed E-state index contributed by atoms with van der Waals surface area (Å²) < 4.78 is 49.4. The van der Waals surface area contributed by atoms with Crippen molar-refractivity contribution in [3.63, 3.8) is 0 Å². The molecule has 0 heterocycles. The van der Waals surface area contributed by atoms with Crippen molar-refractivity contribution < 1.29 is 32.2 Å². The lowest BCUT2D eigenvalue weighted by Gasteiger charge is -2.13. The van der Waals surface area contributed by atoms with Crippen molar-refractivity contribution in [3.8, 4) is 23.0 Å². The van der Waals surface area contributed by atoms with Crippen LogP contribution in [0.2, 0.25) is 5.02 Å². The van der Waals surface area contributed by atoms with Crippen LogP contribution in [0.15, 0.2) is 72.3 Å². The average Bonchev–Trinajstić information content (AvgIpc) is 2.91. The zero-order valence-electron chi connectivity index (χ0n) is 21.1. The lowest BCUT2D eigenvalue weighted by atomic mass is 10.1. The van der Waals surface area contributed by atoms with Gasteiger partial charge < -0.3 is 24.3 Å². The van der Waals surface area contributed by atoms with E-state index in [0.717, 1.165) is 5.41 Å². The molecule has 0 saturated carbocycles. The Morgan fingerprint density at radius 1 is 0.842 bits per heavy atom. The predicted molar refractivity (Wildman–Crippen MR) is 149 cm³/mol. The summed E-state index contributed by atoms with van der Waals surface area (Å²) >= 11 is 5.86. The van der Waals surface area contributed by atoms with Gasteiger partial charge in [-0.2, -0.15) is 0 Å². The number of rotatable bonds is 12. The van der Waals surface area contributed by atoms with Crippen LogP contribution in [-0.2, 0) is 10.0 Å². The van der Waals surface area contributed by atoms with Gasteiger partial charge in [0.25, 0.3) is 10.0 Å². The lowest BCUT2D eigenvalue weighted by molar-refractivity contribution is 0.104. The fourth-order valence-corrected chi connectivity index (χ4v) is 4.32. The summed E-state index contributed by atoms with van der Waals surface area (Å²) in [4.78, 5) is 12.3. The van der Waals surface area contributed by atoms with Crippen LogP contribution in [0.25, 0.3) is 6.08 Å². The van der Waals surface area contributed by atoms with E-state index < -0.39 is 10.0 Å². The highest BCUT2D eigenvalue weighted by Gasteiger charge is 2.14. The Bertz CT molecular complexity index is 1430. The van der Waals surface area contributed by atoms with Crippen LogP contribution in [0.3, 0.4) is 0 Å². The van der Waals surface area contributed by atoms with E-state index in [4.69, 9.17) is 30.5 Å². The topological polar surface area (TPSA) is 112 Å². The van der Waals surface area contributed by atoms with Crippen LogP contribution in [-0.4, -0.2) is 42.6 Å². The number of ketones is 1. The molecule has 0 fully saturated rings. The minimum Gasteiger partial charge on any atom is -0.496 e. The van der Waals surface area contributed by atoms with Crippen LogP contribution in [0, 0.1) is 0 Å². The monoisotopic (exact) mass is 558 g/mol. The van der Waals surface area contributed by atoms with Gasteiger partial charge in [0.2, 0.25) is 0 Å². The Morgan fingerprint density at radius 2 is 1.47 bits per heavy atom. The van der Waals surface area contributed by atoms with Gasteiger partial charge in [-0.15, -0.1) is 0 Å². The number of sulfonamides is 1. The molecule has 3 aromatic rings. The number of halogens is 1. The number of ether oxygens (including phenoxy) is 4. The van der Waals surface area contributed by atoms with Gasteiger partial charge in [0.1, 0.15) is 23.0 Å². The van der Waals surface area contributed by atoms with Crippen molar-refractivity contribution in [1.29, 1.82) is 0 Å². The van der Waals surface area contributed by atoms with Gasteiger partial charge in [-0.05, 0) is 48.5 Å². The third-order valence-corrected chi connectivity index (χ3v) is 6.50. The van der Waals surface area contributed by atoms with Crippen molar-refractivity contribution in [2.45, 2.75) is 0 Å². The van der Waals surface area contributed by atoms with Crippen LogP contribution in [0.4, 0.5) is 11.4 Å². The highest BCUT2D eigenvalue weighted by molar-refractivity contribution is 7.95. The largest absolute Gasteiger partial charge is 0.496 e. The first-order valence-electron chi connectivity index (χ1n) is 11.1. The standard InChI is InChI=1S/C27H27ClN2O7S/c1-34-21-16-26(36-3)22(27(17-21)37-4)12-14-38(32,33)30-20-9-10-25(35-2)23(15-20)29-13-11-24(31)18-5-7-19(28)8-6-18/h5-17,29-30H,1-4H3. The summed E-state index contributed by atoms with van der Waals surface area (Å²) in [7, 11) is 1.97. The highest BCUT2D eigenvalue weighted by Crippen LogP contribution is 2.35. The third kappa shape index (κ3) is 7.44. The van der Waals surface area contributed by atoms with Crippen molar-refractivity contribution in [2.24, 2.45) is 0 Å². The number of nitrogens with one attached hydrogen (secondary N) is 2. The SMILES string of the molecule is COc1cc(OC)c(C=CS(=O)(=O)Nc2ccc(OC)c(NC=CC(=O)c3ccc(Cl)cc3)c2)c(OC)c1. The number of anilines is 2. The first kappa shape index (κ1) is 28.4.